The molecule has 20 heavy (non-hydrogen) atoms. The quantitative estimate of drug-likeness (QED) is 0.819. The van der Waals surface area contributed by atoms with Gasteiger partial charge in [0.15, 0.2) is 0 Å². The van der Waals surface area contributed by atoms with Crippen LogP contribution in [0.5, 0.6) is 0 Å². The second-order valence-electron chi connectivity index (χ2n) is 4.02. The number of hydrogen-bond donors (Lipinski definition) is 2. The Kier molecular flexibility index (Phi) is 4.63. The van der Waals surface area contributed by atoms with Crippen molar-refractivity contribution in [1.29, 1.82) is 0 Å². The predicted molar refractivity (Wildman–Crippen MR) is 77.3 cm³/mol. The molecule has 108 valence electrons. The highest BCUT2D eigenvalue weighted by atomic mass is 32.2. The number of hydrogen-bond acceptors (Lipinski definition) is 7. The van der Waals surface area contributed by atoms with E-state index in [2.05, 4.69) is 25.0 Å². The third kappa shape index (κ3) is 3.71. The number of nitrogens with zero attached hydrogens (tertiary/aromatic N) is 3. The number of anilines is 1. The van der Waals surface area contributed by atoms with E-state index < -0.39 is 10.0 Å². The van der Waals surface area contributed by atoms with Gasteiger partial charge in [-0.15, -0.1) is 11.3 Å². The molecular weight excluding hydrogens is 298 g/mol. The molecule has 2 heterocycles. The topological polar surface area (TPSA) is 96.9 Å². The van der Waals surface area contributed by atoms with Gasteiger partial charge in [0.2, 0.25) is 16.0 Å². The van der Waals surface area contributed by atoms with E-state index in [1.807, 2.05) is 12.3 Å². The molecule has 9 heteroatoms. The van der Waals surface area contributed by atoms with Gasteiger partial charge in [0, 0.05) is 31.1 Å². The molecule has 0 unspecified atom stereocenters. The third-order valence-electron chi connectivity index (χ3n) is 2.46. The summed E-state index contributed by atoms with van der Waals surface area (Å²) in [5, 5.41) is 5.58. The maximum atomic E-state index is 12.0. The Balaban J connectivity index is 1.96. The molecule has 0 spiro atoms. The lowest BCUT2D eigenvalue weighted by Gasteiger charge is -2.05. The van der Waals surface area contributed by atoms with Crippen LogP contribution in [0, 0.1) is 6.92 Å². The minimum atomic E-state index is -3.57. The highest BCUT2D eigenvalue weighted by molar-refractivity contribution is 7.89. The summed E-state index contributed by atoms with van der Waals surface area (Å²) in [5.74, 6) is 0.377. The van der Waals surface area contributed by atoms with E-state index in [-0.39, 0.29) is 4.90 Å². The Labute approximate surface area is 121 Å². The SMILES string of the molecule is CNc1ncc(S(=O)(=O)NCCc2nc(C)cs2)cn1. The summed E-state index contributed by atoms with van der Waals surface area (Å²) >= 11 is 1.52. The first-order valence-corrected chi connectivity index (χ1v) is 8.28. The Hall–Kier alpha value is -1.58. The van der Waals surface area contributed by atoms with Crippen LogP contribution < -0.4 is 10.0 Å². The van der Waals surface area contributed by atoms with Crippen LogP contribution in [0.25, 0.3) is 0 Å². The van der Waals surface area contributed by atoms with Gasteiger partial charge in [0.1, 0.15) is 4.90 Å². The van der Waals surface area contributed by atoms with Gasteiger partial charge in [0.25, 0.3) is 0 Å². The second-order valence-corrected chi connectivity index (χ2v) is 6.73. The van der Waals surface area contributed by atoms with Crippen molar-refractivity contribution in [3.63, 3.8) is 0 Å². The summed E-state index contributed by atoms with van der Waals surface area (Å²) in [5.41, 5.74) is 0.948. The Morgan fingerprint density at radius 1 is 1.30 bits per heavy atom. The zero-order valence-corrected chi connectivity index (χ0v) is 12.8. The molecule has 0 aliphatic heterocycles. The first kappa shape index (κ1) is 14.8. The van der Waals surface area contributed by atoms with E-state index in [9.17, 15) is 8.42 Å². The molecule has 0 atom stereocenters. The van der Waals surface area contributed by atoms with Gasteiger partial charge in [-0.2, -0.15) is 0 Å². The van der Waals surface area contributed by atoms with Gasteiger partial charge in [0.05, 0.1) is 17.4 Å². The van der Waals surface area contributed by atoms with Crippen molar-refractivity contribution < 1.29 is 8.42 Å². The highest BCUT2D eigenvalue weighted by Crippen LogP contribution is 2.10. The van der Waals surface area contributed by atoms with Crippen molar-refractivity contribution in [3.05, 3.63) is 28.5 Å². The van der Waals surface area contributed by atoms with Gasteiger partial charge in [-0.3, -0.25) is 0 Å². The molecule has 2 aromatic rings. The number of thiazole rings is 1. The van der Waals surface area contributed by atoms with Gasteiger partial charge in [-0.05, 0) is 6.92 Å². The van der Waals surface area contributed by atoms with Gasteiger partial charge in [-0.25, -0.2) is 28.1 Å². The molecule has 0 bridgehead atoms. The summed E-state index contributed by atoms with van der Waals surface area (Å²) in [6.07, 6.45) is 3.11. The molecule has 0 saturated carbocycles. The Morgan fingerprint density at radius 3 is 2.55 bits per heavy atom. The molecule has 0 aromatic carbocycles. The van der Waals surface area contributed by atoms with E-state index in [1.54, 1.807) is 7.05 Å². The average molecular weight is 313 g/mol. The molecule has 0 radical (unpaired) electrons. The smallest absolute Gasteiger partial charge is 0.243 e. The molecule has 2 aromatic heterocycles. The number of aryl methyl sites for hydroxylation is 1. The first-order chi connectivity index (χ1) is 9.51. The maximum Gasteiger partial charge on any atom is 0.243 e. The summed E-state index contributed by atoms with van der Waals surface area (Å²) in [6.45, 7) is 2.20. The van der Waals surface area contributed by atoms with E-state index >= 15 is 0 Å². The number of nitrogens with one attached hydrogen (secondary N) is 2. The zero-order valence-electron chi connectivity index (χ0n) is 11.1. The van der Waals surface area contributed by atoms with Crippen LogP contribution in [0.3, 0.4) is 0 Å². The molecule has 0 aliphatic carbocycles. The van der Waals surface area contributed by atoms with Crippen LogP contribution in [0.15, 0.2) is 22.7 Å². The second kappa shape index (κ2) is 6.25. The van der Waals surface area contributed by atoms with E-state index in [0.717, 1.165) is 10.7 Å². The first-order valence-electron chi connectivity index (χ1n) is 5.92. The van der Waals surface area contributed by atoms with Gasteiger partial charge < -0.3 is 5.32 Å². The fraction of sp³-hybridized carbons (Fsp3) is 0.364. The lowest BCUT2D eigenvalue weighted by atomic mass is 10.4. The van der Waals surface area contributed by atoms with E-state index in [0.29, 0.717) is 18.9 Å². The van der Waals surface area contributed by atoms with Crippen LogP contribution in [-0.4, -0.2) is 37.0 Å². The predicted octanol–water partition coefficient (Wildman–Crippen LogP) is 0.804. The van der Waals surface area contributed by atoms with Crippen molar-refractivity contribution in [3.8, 4) is 0 Å². The van der Waals surface area contributed by atoms with Crippen LogP contribution >= 0.6 is 11.3 Å². The van der Waals surface area contributed by atoms with Crippen molar-refractivity contribution in [2.75, 3.05) is 18.9 Å². The standard InChI is InChI=1S/C11H15N5O2S2/c1-8-7-19-10(16-8)3-4-15-20(17,18)9-5-13-11(12-2)14-6-9/h5-7,15H,3-4H2,1-2H3,(H,12,13,14). The summed E-state index contributed by atoms with van der Waals surface area (Å²) in [7, 11) is -1.91. The molecule has 0 aliphatic rings. The van der Waals surface area contributed by atoms with Crippen LogP contribution in [-0.2, 0) is 16.4 Å². The monoisotopic (exact) mass is 313 g/mol. The molecule has 0 saturated heterocycles. The van der Waals surface area contributed by atoms with Crippen molar-refractivity contribution in [2.45, 2.75) is 18.2 Å². The Morgan fingerprint density at radius 2 is 2.00 bits per heavy atom. The Bertz CT molecular complexity index is 666. The third-order valence-corrected chi connectivity index (χ3v) is 4.90. The summed E-state index contributed by atoms with van der Waals surface area (Å²) in [4.78, 5) is 12.1. The fourth-order valence-electron chi connectivity index (χ4n) is 1.48. The number of rotatable bonds is 6. The maximum absolute atomic E-state index is 12.0. The zero-order chi connectivity index (χ0) is 14.6. The molecule has 2 N–H and O–H groups in total. The van der Waals surface area contributed by atoms with Gasteiger partial charge in [-0.1, -0.05) is 0 Å². The number of sulfonamides is 1. The normalized spacial score (nSPS) is 11.5. The van der Waals surface area contributed by atoms with Crippen molar-refractivity contribution in [1.82, 2.24) is 19.7 Å². The lowest BCUT2D eigenvalue weighted by molar-refractivity contribution is 0.580. The minimum Gasteiger partial charge on any atom is -0.357 e. The number of aromatic nitrogens is 3. The fourth-order valence-corrected chi connectivity index (χ4v) is 3.17. The molecular formula is C11H15N5O2S2. The summed E-state index contributed by atoms with van der Waals surface area (Å²) in [6, 6.07) is 0. The minimum absolute atomic E-state index is 0.0480. The molecule has 0 fully saturated rings. The van der Waals surface area contributed by atoms with Crippen LogP contribution in [0.1, 0.15) is 10.7 Å². The van der Waals surface area contributed by atoms with E-state index in [4.69, 9.17) is 0 Å². The highest BCUT2D eigenvalue weighted by Gasteiger charge is 2.14. The van der Waals surface area contributed by atoms with Crippen LogP contribution in [0.4, 0.5) is 5.95 Å². The lowest BCUT2D eigenvalue weighted by Crippen LogP contribution is -2.26. The van der Waals surface area contributed by atoms with Crippen LogP contribution in [0.2, 0.25) is 0 Å². The largest absolute Gasteiger partial charge is 0.357 e. The average Bonchev–Trinajstić information content (AvgIpc) is 2.84. The van der Waals surface area contributed by atoms with Gasteiger partial charge >= 0.3 is 0 Å². The molecule has 0 amide bonds. The van der Waals surface area contributed by atoms with E-state index in [1.165, 1.54) is 23.7 Å². The molecule has 2 rings (SSSR count). The molecule has 7 nitrogen and oxygen atoms in total. The van der Waals surface area contributed by atoms with Crippen molar-refractivity contribution >= 4 is 27.3 Å². The summed E-state index contributed by atoms with van der Waals surface area (Å²) < 4.78 is 26.5. The van der Waals surface area contributed by atoms with Crippen molar-refractivity contribution in [2.24, 2.45) is 0 Å².